The zero-order valence-electron chi connectivity index (χ0n) is 12.6. The van der Waals surface area contributed by atoms with Gasteiger partial charge in [-0.15, -0.1) is 0 Å². The number of carbonyl (C=O) groups is 1. The quantitative estimate of drug-likeness (QED) is 0.799. The van der Waals surface area contributed by atoms with Gasteiger partial charge < -0.3 is 11.1 Å². The van der Waals surface area contributed by atoms with Crippen LogP contribution in [0.4, 0.5) is 24.1 Å². The van der Waals surface area contributed by atoms with E-state index in [0.29, 0.717) is 5.13 Å². The van der Waals surface area contributed by atoms with E-state index in [1.165, 1.54) is 12.1 Å². The van der Waals surface area contributed by atoms with Gasteiger partial charge >= 0.3 is 6.18 Å². The Bertz CT molecular complexity index is 712. The number of aromatic nitrogens is 1. The van der Waals surface area contributed by atoms with Crippen molar-refractivity contribution >= 4 is 28.1 Å². The zero-order valence-corrected chi connectivity index (χ0v) is 13.4. The summed E-state index contributed by atoms with van der Waals surface area (Å²) in [6.45, 7) is 3.94. The number of nitrogens with one attached hydrogen (secondary N) is 1. The number of nitrogens with two attached hydrogens (primary N) is 1. The number of carbonyl (C=O) groups excluding carboxylic acids is 1. The number of hydrogen-bond donors (Lipinski definition) is 2. The molecule has 0 spiro atoms. The van der Waals surface area contributed by atoms with Crippen molar-refractivity contribution in [2.45, 2.75) is 32.5 Å². The van der Waals surface area contributed by atoms with Crippen LogP contribution in [0.25, 0.3) is 0 Å². The summed E-state index contributed by atoms with van der Waals surface area (Å²) >= 11 is 1.04. The Morgan fingerprint density at radius 2 is 2.13 bits per heavy atom. The first-order valence-corrected chi connectivity index (χ1v) is 7.78. The largest absolute Gasteiger partial charge is 0.416 e. The molecule has 0 saturated heterocycles. The smallest absolute Gasteiger partial charge is 0.382 e. The number of hydrogen-bond acceptors (Lipinski definition) is 5. The molecule has 0 radical (unpaired) electrons. The Labute approximate surface area is 135 Å². The third-order valence-electron chi connectivity index (χ3n) is 3.29. The molecule has 1 unspecified atom stereocenters. The summed E-state index contributed by atoms with van der Waals surface area (Å²) in [4.78, 5) is 16.6. The minimum atomic E-state index is -4.50. The predicted octanol–water partition coefficient (Wildman–Crippen LogP) is 4.19. The highest BCUT2D eigenvalue weighted by Crippen LogP contribution is 2.32. The average Bonchev–Trinajstić information content (AvgIpc) is 2.86. The minimum absolute atomic E-state index is 0.0169. The topological polar surface area (TPSA) is 68.0 Å². The van der Waals surface area contributed by atoms with Crippen LogP contribution in [0, 0.1) is 0 Å². The van der Waals surface area contributed by atoms with E-state index < -0.39 is 17.5 Å². The van der Waals surface area contributed by atoms with Crippen molar-refractivity contribution in [3.05, 3.63) is 40.3 Å². The third-order valence-corrected chi connectivity index (χ3v) is 4.30. The Hall–Kier alpha value is -2.09. The number of benzene rings is 1. The fourth-order valence-electron chi connectivity index (χ4n) is 1.84. The Morgan fingerprint density at radius 1 is 1.43 bits per heavy atom. The fraction of sp³-hybridized carbons (Fsp3) is 0.333. The molecule has 0 aliphatic heterocycles. The normalized spacial score (nSPS) is 12.9. The second kappa shape index (κ2) is 6.57. The molecule has 0 aliphatic rings. The van der Waals surface area contributed by atoms with Crippen LogP contribution in [0.15, 0.2) is 24.3 Å². The molecular weight excluding hydrogens is 327 g/mol. The molecule has 0 bridgehead atoms. The number of alkyl halides is 3. The van der Waals surface area contributed by atoms with E-state index in [1.807, 2.05) is 13.8 Å². The standard InChI is InChI=1S/C15H16F3N3OS/c1-3-8(2)20-14-21-13(19)12(23-14)11(22)9-5-4-6-10(7-9)15(16,17)18/h4-8H,3,19H2,1-2H3,(H,20,21). The lowest BCUT2D eigenvalue weighted by Crippen LogP contribution is -2.12. The number of thiazole rings is 1. The number of rotatable bonds is 5. The van der Waals surface area contributed by atoms with Gasteiger partial charge in [-0.3, -0.25) is 4.79 Å². The van der Waals surface area contributed by atoms with Crippen LogP contribution in [0.2, 0.25) is 0 Å². The van der Waals surface area contributed by atoms with Gasteiger partial charge in [0.25, 0.3) is 0 Å². The molecule has 0 fully saturated rings. The Kier molecular flexibility index (Phi) is 4.93. The molecule has 1 atom stereocenters. The van der Waals surface area contributed by atoms with Crippen LogP contribution >= 0.6 is 11.3 Å². The summed E-state index contributed by atoms with van der Waals surface area (Å²) in [5.74, 6) is -0.550. The highest BCUT2D eigenvalue weighted by Gasteiger charge is 2.31. The van der Waals surface area contributed by atoms with Gasteiger partial charge in [-0.25, -0.2) is 4.98 Å². The third kappa shape index (κ3) is 4.01. The van der Waals surface area contributed by atoms with Crippen LogP contribution in [-0.2, 0) is 6.18 Å². The molecular formula is C15H16F3N3OS. The maximum atomic E-state index is 12.7. The molecule has 8 heteroatoms. The maximum absolute atomic E-state index is 12.7. The first-order valence-electron chi connectivity index (χ1n) is 6.97. The molecule has 23 heavy (non-hydrogen) atoms. The molecule has 1 aromatic carbocycles. The van der Waals surface area contributed by atoms with Gasteiger partial charge in [0, 0.05) is 11.6 Å². The van der Waals surface area contributed by atoms with E-state index in [1.54, 1.807) is 0 Å². The maximum Gasteiger partial charge on any atom is 0.416 e. The van der Waals surface area contributed by atoms with Gasteiger partial charge in [0.2, 0.25) is 5.78 Å². The van der Waals surface area contributed by atoms with Crippen molar-refractivity contribution in [2.24, 2.45) is 0 Å². The molecule has 2 rings (SSSR count). The summed E-state index contributed by atoms with van der Waals surface area (Å²) in [5, 5.41) is 3.57. The highest BCUT2D eigenvalue weighted by atomic mass is 32.1. The van der Waals surface area contributed by atoms with Crippen LogP contribution in [0.1, 0.15) is 41.1 Å². The Morgan fingerprint density at radius 3 is 2.74 bits per heavy atom. The number of nitrogens with zero attached hydrogens (tertiary/aromatic N) is 1. The van der Waals surface area contributed by atoms with Crippen molar-refractivity contribution in [1.29, 1.82) is 0 Å². The minimum Gasteiger partial charge on any atom is -0.382 e. The van der Waals surface area contributed by atoms with Crippen molar-refractivity contribution in [3.8, 4) is 0 Å². The van der Waals surface area contributed by atoms with E-state index in [2.05, 4.69) is 10.3 Å². The van der Waals surface area contributed by atoms with Gasteiger partial charge in [-0.1, -0.05) is 30.4 Å². The summed E-state index contributed by atoms with van der Waals surface area (Å²) in [5.41, 5.74) is 4.80. The van der Waals surface area contributed by atoms with Crippen LogP contribution < -0.4 is 11.1 Å². The van der Waals surface area contributed by atoms with Crippen molar-refractivity contribution in [1.82, 2.24) is 4.98 Å². The van der Waals surface area contributed by atoms with Crippen LogP contribution in [-0.4, -0.2) is 16.8 Å². The first kappa shape index (κ1) is 17.3. The molecule has 124 valence electrons. The van der Waals surface area contributed by atoms with Crippen molar-refractivity contribution in [2.75, 3.05) is 11.1 Å². The summed E-state index contributed by atoms with van der Waals surface area (Å²) in [7, 11) is 0. The first-order chi connectivity index (χ1) is 10.7. The van der Waals surface area contributed by atoms with Gasteiger partial charge in [0.05, 0.1) is 5.56 Å². The average molecular weight is 343 g/mol. The number of anilines is 2. The molecule has 0 amide bonds. The van der Waals surface area contributed by atoms with Gasteiger partial charge in [0.15, 0.2) is 5.13 Å². The lowest BCUT2D eigenvalue weighted by Gasteiger charge is -2.08. The lowest BCUT2D eigenvalue weighted by atomic mass is 10.1. The second-order valence-electron chi connectivity index (χ2n) is 5.09. The fourth-order valence-corrected chi connectivity index (χ4v) is 2.80. The van der Waals surface area contributed by atoms with E-state index in [0.717, 1.165) is 29.9 Å². The van der Waals surface area contributed by atoms with Crippen molar-refractivity contribution < 1.29 is 18.0 Å². The van der Waals surface area contributed by atoms with Gasteiger partial charge in [-0.05, 0) is 25.5 Å². The van der Waals surface area contributed by atoms with Crippen LogP contribution in [0.3, 0.4) is 0 Å². The monoisotopic (exact) mass is 343 g/mol. The SMILES string of the molecule is CCC(C)Nc1nc(N)c(C(=O)c2cccc(C(F)(F)F)c2)s1. The van der Waals surface area contributed by atoms with E-state index in [-0.39, 0.29) is 22.3 Å². The molecule has 2 aromatic rings. The number of ketones is 1. The Balaban J connectivity index is 2.31. The molecule has 1 heterocycles. The molecule has 0 aliphatic carbocycles. The van der Waals surface area contributed by atoms with E-state index in [4.69, 9.17) is 5.73 Å². The molecule has 0 saturated carbocycles. The van der Waals surface area contributed by atoms with E-state index in [9.17, 15) is 18.0 Å². The van der Waals surface area contributed by atoms with Gasteiger partial charge in [-0.2, -0.15) is 13.2 Å². The second-order valence-corrected chi connectivity index (χ2v) is 6.09. The molecule has 4 nitrogen and oxygen atoms in total. The van der Waals surface area contributed by atoms with Crippen LogP contribution in [0.5, 0.6) is 0 Å². The summed E-state index contributed by atoms with van der Waals surface area (Å²) in [6, 6.07) is 4.42. The number of nitrogen functional groups attached to an aromatic ring is 1. The van der Waals surface area contributed by atoms with Gasteiger partial charge in [0.1, 0.15) is 10.7 Å². The van der Waals surface area contributed by atoms with Crippen molar-refractivity contribution in [3.63, 3.8) is 0 Å². The summed E-state index contributed by atoms with van der Waals surface area (Å²) < 4.78 is 38.2. The number of halogens is 3. The highest BCUT2D eigenvalue weighted by molar-refractivity contribution is 7.18. The molecule has 1 aromatic heterocycles. The summed E-state index contributed by atoms with van der Waals surface area (Å²) in [6.07, 6.45) is -3.64. The molecule has 3 N–H and O–H groups in total. The zero-order chi connectivity index (χ0) is 17.2. The lowest BCUT2D eigenvalue weighted by molar-refractivity contribution is -0.137. The van der Waals surface area contributed by atoms with E-state index >= 15 is 0 Å². The predicted molar refractivity (Wildman–Crippen MR) is 84.8 cm³/mol.